The Morgan fingerprint density at radius 2 is 1.93 bits per heavy atom. The fourth-order valence-electron chi connectivity index (χ4n) is 1.21. The van der Waals surface area contributed by atoms with Gasteiger partial charge in [0.05, 0.1) is 6.10 Å². The molecule has 77 valence electrons. The number of para-hydroxylation sites is 1. The number of aliphatic hydroxyl groups is 1. The van der Waals surface area contributed by atoms with E-state index >= 15 is 0 Å². The minimum Gasteiger partial charge on any atom is -0.485 e. The molecule has 0 aliphatic carbocycles. The average molecular weight is 193 g/mol. The van der Waals surface area contributed by atoms with Gasteiger partial charge in [-0.1, -0.05) is 25.1 Å². The molecule has 0 heterocycles. The first-order valence-corrected chi connectivity index (χ1v) is 4.77. The highest BCUT2D eigenvalue weighted by Gasteiger charge is 2.28. The third kappa shape index (κ3) is 2.74. The van der Waals surface area contributed by atoms with Gasteiger partial charge < -0.3 is 9.84 Å². The maximum atomic E-state index is 9.66. The van der Waals surface area contributed by atoms with Crippen molar-refractivity contribution in [2.75, 3.05) is 0 Å². The number of hydrogen-bond donors (Lipinski definition) is 1. The molecule has 1 atom stereocenters. The Balaban J connectivity index is 2.68. The highest BCUT2D eigenvalue weighted by Crippen LogP contribution is 2.21. The molecule has 0 aliphatic heterocycles. The van der Waals surface area contributed by atoms with Crippen LogP contribution in [0.15, 0.2) is 30.3 Å². The van der Waals surface area contributed by atoms with E-state index in [-0.39, 0.29) is 0 Å². The van der Waals surface area contributed by atoms with Crippen LogP contribution in [-0.4, -0.2) is 16.8 Å². The summed E-state index contributed by atoms with van der Waals surface area (Å²) in [7, 11) is 0. The second kappa shape index (κ2) is 4.47. The van der Waals surface area contributed by atoms with Crippen LogP contribution in [0.4, 0.5) is 0 Å². The summed E-state index contributed by atoms with van der Waals surface area (Å²) >= 11 is 0. The molecule has 14 heavy (non-hydrogen) atoms. The Morgan fingerprint density at radius 1 is 1.36 bits per heavy atom. The van der Waals surface area contributed by atoms with Gasteiger partial charge in [-0.25, -0.2) is 0 Å². The molecule has 1 aromatic rings. The maximum absolute atomic E-state index is 9.66. The summed E-state index contributed by atoms with van der Waals surface area (Å²) in [5, 5.41) is 9.66. The van der Waals surface area contributed by atoms with Gasteiger partial charge in [-0.3, -0.25) is 0 Å². The van der Waals surface area contributed by atoms with Gasteiger partial charge in [-0.15, -0.1) is 0 Å². The van der Waals surface area contributed by atoms with Gasteiger partial charge in [0.1, 0.15) is 11.4 Å². The Kier molecular flexibility index (Phi) is 3.53. The molecule has 0 bridgehead atoms. The molecule has 2 nitrogen and oxygen atoms in total. The van der Waals surface area contributed by atoms with Gasteiger partial charge in [0.25, 0.3) is 0 Å². The third-order valence-electron chi connectivity index (χ3n) is 2.20. The summed E-state index contributed by atoms with van der Waals surface area (Å²) in [6, 6.07) is 9.48. The van der Waals surface area contributed by atoms with Crippen LogP contribution in [0.2, 0.25) is 0 Å². The van der Waals surface area contributed by atoms with E-state index in [4.69, 9.17) is 4.74 Å². The quantitative estimate of drug-likeness (QED) is 0.795. The smallest absolute Gasteiger partial charge is 0.129 e. The lowest BCUT2D eigenvalue weighted by molar-refractivity contribution is -0.0266. The zero-order valence-electron chi connectivity index (χ0n) is 8.73. The van der Waals surface area contributed by atoms with Gasteiger partial charge in [0, 0.05) is 0 Å². The molecule has 1 rings (SSSR count). The number of hydrogen-bond acceptors (Lipinski definition) is 2. The van der Waals surface area contributed by atoms with Gasteiger partial charge >= 0.3 is 0 Å². The molecular weight excluding hydrogens is 176 g/mol. The fraction of sp³-hybridized carbons (Fsp3) is 0.417. The van der Waals surface area contributed by atoms with Crippen LogP contribution in [0.25, 0.3) is 0 Å². The molecule has 1 aromatic carbocycles. The van der Waals surface area contributed by atoms with Crippen LogP contribution in [0.1, 0.15) is 20.3 Å². The lowest BCUT2D eigenvalue weighted by Gasteiger charge is -2.30. The minimum atomic E-state index is -0.594. The van der Waals surface area contributed by atoms with E-state index in [0.29, 0.717) is 6.42 Å². The Morgan fingerprint density at radius 3 is 2.43 bits per heavy atom. The predicted molar refractivity (Wildman–Crippen MR) is 57.1 cm³/mol. The van der Waals surface area contributed by atoms with Crippen molar-refractivity contribution in [3.05, 3.63) is 37.3 Å². The molecule has 0 amide bonds. The van der Waals surface area contributed by atoms with E-state index < -0.39 is 11.7 Å². The monoisotopic (exact) mass is 193 g/mol. The summed E-state index contributed by atoms with van der Waals surface area (Å²) in [4.78, 5) is 0. The van der Waals surface area contributed by atoms with Crippen LogP contribution < -0.4 is 4.74 Å². The molecule has 0 saturated carbocycles. The normalized spacial score (nSPS) is 13.7. The molecular formula is C12H17O2. The van der Waals surface area contributed by atoms with E-state index in [2.05, 4.69) is 6.92 Å². The van der Waals surface area contributed by atoms with Crippen LogP contribution in [0.3, 0.4) is 0 Å². The molecule has 0 aromatic heterocycles. The lowest BCUT2D eigenvalue weighted by atomic mass is 9.99. The first kappa shape index (κ1) is 11.1. The van der Waals surface area contributed by atoms with Crippen LogP contribution >= 0.6 is 0 Å². The summed E-state index contributed by atoms with van der Waals surface area (Å²) in [5.41, 5.74) is -0.594. The molecule has 1 unspecified atom stereocenters. The SMILES string of the molecule is [CH2]CC(O)C(C)(C)Oc1ccccc1. The van der Waals surface area contributed by atoms with Crippen LogP contribution in [0.5, 0.6) is 5.75 Å². The van der Waals surface area contributed by atoms with E-state index in [1.54, 1.807) is 0 Å². The molecule has 1 N–H and O–H groups in total. The highest BCUT2D eigenvalue weighted by atomic mass is 16.5. The zero-order valence-corrected chi connectivity index (χ0v) is 8.73. The highest BCUT2D eigenvalue weighted by molar-refractivity contribution is 5.22. The van der Waals surface area contributed by atoms with E-state index in [1.165, 1.54) is 0 Å². The number of rotatable bonds is 4. The first-order chi connectivity index (χ1) is 6.56. The largest absolute Gasteiger partial charge is 0.485 e. The maximum Gasteiger partial charge on any atom is 0.129 e. The average Bonchev–Trinajstić information content (AvgIpc) is 2.17. The molecule has 0 spiro atoms. The number of benzene rings is 1. The van der Waals surface area contributed by atoms with Crippen LogP contribution in [0, 0.1) is 6.92 Å². The molecule has 1 radical (unpaired) electrons. The second-order valence-electron chi connectivity index (χ2n) is 3.82. The van der Waals surface area contributed by atoms with Crippen molar-refractivity contribution in [2.24, 2.45) is 0 Å². The van der Waals surface area contributed by atoms with Crippen molar-refractivity contribution in [1.29, 1.82) is 0 Å². The first-order valence-electron chi connectivity index (χ1n) is 4.77. The summed E-state index contributed by atoms with van der Waals surface area (Å²) < 4.78 is 5.66. The van der Waals surface area contributed by atoms with E-state index in [1.807, 2.05) is 44.2 Å². The molecule has 0 fully saturated rings. The van der Waals surface area contributed by atoms with Gasteiger partial charge in [0.15, 0.2) is 0 Å². The topological polar surface area (TPSA) is 29.5 Å². The summed E-state index contributed by atoms with van der Waals surface area (Å²) in [6.07, 6.45) is -0.109. The molecule has 2 heteroatoms. The molecule has 0 saturated heterocycles. The fourth-order valence-corrected chi connectivity index (χ4v) is 1.21. The van der Waals surface area contributed by atoms with Crippen molar-refractivity contribution in [1.82, 2.24) is 0 Å². The van der Waals surface area contributed by atoms with E-state index in [9.17, 15) is 5.11 Å². The summed E-state index contributed by atoms with van der Waals surface area (Å²) in [5.74, 6) is 0.769. The van der Waals surface area contributed by atoms with Crippen molar-refractivity contribution in [3.8, 4) is 5.75 Å². The Hall–Kier alpha value is -1.02. The number of aliphatic hydroxyl groups excluding tert-OH is 1. The van der Waals surface area contributed by atoms with Gasteiger partial charge in [-0.2, -0.15) is 0 Å². The van der Waals surface area contributed by atoms with Crippen molar-refractivity contribution in [3.63, 3.8) is 0 Å². The lowest BCUT2D eigenvalue weighted by Crippen LogP contribution is -2.41. The van der Waals surface area contributed by atoms with Crippen LogP contribution in [-0.2, 0) is 0 Å². The zero-order chi connectivity index (χ0) is 10.6. The standard InChI is InChI=1S/C12H17O2/c1-4-11(13)12(2,3)14-10-8-6-5-7-9-10/h5-9,11,13H,1,4H2,2-3H3. The minimum absolute atomic E-state index is 0.444. The van der Waals surface area contributed by atoms with Gasteiger partial charge in [-0.05, 0) is 32.4 Å². The Labute approximate surface area is 85.5 Å². The summed E-state index contributed by atoms with van der Waals surface area (Å²) in [6.45, 7) is 7.38. The molecule has 0 aliphatic rings. The van der Waals surface area contributed by atoms with Gasteiger partial charge in [0.2, 0.25) is 0 Å². The van der Waals surface area contributed by atoms with Crippen molar-refractivity contribution in [2.45, 2.75) is 32.0 Å². The Bertz CT molecular complexity index is 267. The second-order valence-corrected chi connectivity index (χ2v) is 3.82. The third-order valence-corrected chi connectivity index (χ3v) is 2.20. The van der Waals surface area contributed by atoms with E-state index in [0.717, 1.165) is 5.75 Å². The van der Waals surface area contributed by atoms with Crippen molar-refractivity contribution < 1.29 is 9.84 Å². The predicted octanol–water partition coefficient (Wildman–Crippen LogP) is 2.43. The van der Waals surface area contributed by atoms with Crippen molar-refractivity contribution >= 4 is 0 Å². The number of ether oxygens (including phenoxy) is 1.